The fraction of sp³-hybridized carbons (Fsp3) is 0. The van der Waals surface area contributed by atoms with Gasteiger partial charge in [-0.2, -0.15) is 0 Å². The van der Waals surface area contributed by atoms with Crippen molar-refractivity contribution in [3.05, 3.63) is 42.3 Å². The molecule has 0 radical (unpaired) electrons. The molecule has 0 aliphatic heterocycles. The molecule has 0 fully saturated rings. The van der Waals surface area contributed by atoms with Gasteiger partial charge in [0.2, 0.25) is 0 Å². The lowest BCUT2D eigenvalue weighted by atomic mass is 10.0. The molecule has 8 heteroatoms. The van der Waals surface area contributed by atoms with Crippen molar-refractivity contribution in [3.63, 3.8) is 0 Å². The third kappa shape index (κ3) is 2.50. The lowest BCUT2D eigenvalue weighted by Crippen LogP contribution is -1.88. The monoisotopic (exact) mass is 390 g/mol. The molecule has 0 atom stereocenters. The highest BCUT2D eigenvalue weighted by molar-refractivity contribution is 6.52. The van der Waals surface area contributed by atoms with Crippen LogP contribution in [0.25, 0.3) is 11.1 Å². The molecule has 2 rings (SSSR count). The van der Waals surface area contributed by atoms with E-state index in [9.17, 15) is 10.2 Å². The van der Waals surface area contributed by atoms with Crippen LogP contribution in [0.1, 0.15) is 0 Å². The van der Waals surface area contributed by atoms with E-state index < -0.39 is 5.75 Å². The number of hydrogen-bond donors (Lipinski definition) is 2. The molecular formula is C12H4Cl6O2. The van der Waals surface area contributed by atoms with Gasteiger partial charge >= 0.3 is 0 Å². The van der Waals surface area contributed by atoms with E-state index in [1.54, 1.807) is 0 Å². The molecule has 0 amide bonds. The number of benzene rings is 2. The summed E-state index contributed by atoms with van der Waals surface area (Å²) < 4.78 is 0. The molecule has 0 saturated carbocycles. The number of phenols is 2. The van der Waals surface area contributed by atoms with E-state index in [0.29, 0.717) is 5.56 Å². The molecule has 106 valence electrons. The lowest BCUT2D eigenvalue weighted by molar-refractivity contribution is 0.475. The minimum atomic E-state index is -0.423. The molecule has 20 heavy (non-hydrogen) atoms. The topological polar surface area (TPSA) is 40.5 Å². The Kier molecular flexibility index (Phi) is 4.75. The molecule has 0 bridgehead atoms. The molecule has 0 saturated heterocycles. The van der Waals surface area contributed by atoms with E-state index in [1.165, 1.54) is 12.1 Å². The molecule has 2 aromatic carbocycles. The fourth-order valence-electron chi connectivity index (χ4n) is 1.59. The summed E-state index contributed by atoms with van der Waals surface area (Å²) in [5.41, 5.74) is 0.543. The number of aromatic hydroxyl groups is 2. The molecule has 2 nitrogen and oxygen atoms in total. The van der Waals surface area contributed by atoms with Crippen LogP contribution in [-0.4, -0.2) is 10.2 Å². The van der Waals surface area contributed by atoms with Gasteiger partial charge in [0.1, 0.15) is 20.8 Å². The van der Waals surface area contributed by atoms with Gasteiger partial charge in [0.25, 0.3) is 0 Å². The van der Waals surface area contributed by atoms with Crippen molar-refractivity contribution in [2.75, 3.05) is 0 Å². The van der Waals surface area contributed by atoms with Gasteiger partial charge in [0.05, 0.1) is 15.1 Å². The number of phenolic OH excluding ortho intramolecular Hbond substituents is 2. The Balaban J connectivity index is 2.87. The zero-order valence-corrected chi connectivity index (χ0v) is 13.9. The second-order valence-electron chi connectivity index (χ2n) is 3.74. The van der Waals surface area contributed by atoms with Gasteiger partial charge in [-0.1, -0.05) is 69.6 Å². The molecule has 0 aliphatic carbocycles. The highest BCUT2D eigenvalue weighted by Crippen LogP contribution is 2.51. The van der Waals surface area contributed by atoms with E-state index >= 15 is 0 Å². The maximum atomic E-state index is 9.68. The molecule has 0 spiro atoms. The summed E-state index contributed by atoms with van der Waals surface area (Å²) in [7, 11) is 0. The zero-order chi connectivity index (χ0) is 15.2. The summed E-state index contributed by atoms with van der Waals surface area (Å²) in [5, 5.41) is 18.8. The second-order valence-corrected chi connectivity index (χ2v) is 6.01. The maximum absolute atomic E-state index is 9.68. The third-order valence-corrected chi connectivity index (χ3v) is 5.13. The fourth-order valence-corrected chi connectivity index (χ4v) is 3.05. The highest BCUT2D eigenvalue weighted by Gasteiger charge is 2.23. The lowest BCUT2D eigenvalue weighted by Gasteiger charge is -2.14. The number of rotatable bonds is 1. The Labute approximate surface area is 144 Å². The molecular weight excluding hydrogens is 389 g/mol. The molecule has 0 unspecified atom stereocenters. The van der Waals surface area contributed by atoms with Crippen LogP contribution in [-0.2, 0) is 0 Å². The average Bonchev–Trinajstić information content (AvgIpc) is 2.43. The largest absolute Gasteiger partial charge is 0.506 e. The van der Waals surface area contributed by atoms with Crippen LogP contribution in [0.15, 0.2) is 12.1 Å². The van der Waals surface area contributed by atoms with Crippen molar-refractivity contribution in [3.8, 4) is 22.6 Å². The van der Waals surface area contributed by atoms with E-state index in [1.807, 2.05) is 0 Å². The van der Waals surface area contributed by atoms with Crippen LogP contribution in [0.2, 0.25) is 30.1 Å². The molecule has 0 aliphatic rings. The Hall–Kier alpha value is -0.220. The van der Waals surface area contributed by atoms with Crippen molar-refractivity contribution in [2.45, 2.75) is 0 Å². The Bertz CT molecular complexity index is 685. The molecule has 0 heterocycles. The first-order valence-electron chi connectivity index (χ1n) is 4.99. The summed E-state index contributed by atoms with van der Waals surface area (Å²) >= 11 is 35.8. The smallest absolute Gasteiger partial charge is 0.155 e. The van der Waals surface area contributed by atoms with Crippen LogP contribution in [0, 0.1) is 0 Å². The van der Waals surface area contributed by atoms with Crippen molar-refractivity contribution in [1.29, 1.82) is 0 Å². The molecule has 0 aromatic heterocycles. The maximum Gasteiger partial charge on any atom is 0.155 e. The van der Waals surface area contributed by atoms with Crippen LogP contribution >= 0.6 is 69.6 Å². The average molecular weight is 393 g/mol. The van der Waals surface area contributed by atoms with Crippen molar-refractivity contribution < 1.29 is 10.2 Å². The second kappa shape index (κ2) is 5.88. The summed E-state index contributed by atoms with van der Waals surface area (Å²) in [6.07, 6.45) is 0. The third-order valence-electron chi connectivity index (χ3n) is 2.57. The van der Waals surface area contributed by atoms with Crippen LogP contribution in [0.3, 0.4) is 0 Å². The number of hydrogen-bond acceptors (Lipinski definition) is 2. The van der Waals surface area contributed by atoms with E-state index in [4.69, 9.17) is 69.6 Å². The minimum absolute atomic E-state index is 0.0257. The molecule has 2 aromatic rings. The SMILES string of the molecule is Oc1ccc(-c2c(Cl)c(Cl)c(O)c(Cl)c2Cl)c(Cl)c1Cl. The first-order valence-corrected chi connectivity index (χ1v) is 7.26. The first-order chi connectivity index (χ1) is 9.27. The summed E-state index contributed by atoms with van der Waals surface area (Å²) in [5.74, 6) is -0.614. The van der Waals surface area contributed by atoms with Gasteiger partial charge in [-0.3, -0.25) is 0 Å². The van der Waals surface area contributed by atoms with Gasteiger partial charge in [0, 0.05) is 11.1 Å². The number of halogens is 6. The Morgan fingerprint density at radius 1 is 0.600 bits per heavy atom. The summed E-state index contributed by atoms with van der Waals surface area (Å²) in [6.45, 7) is 0. The highest BCUT2D eigenvalue weighted by atomic mass is 35.5. The van der Waals surface area contributed by atoms with E-state index in [-0.39, 0.29) is 41.4 Å². The van der Waals surface area contributed by atoms with E-state index in [0.717, 1.165) is 0 Å². The van der Waals surface area contributed by atoms with Crippen molar-refractivity contribution >= 4 is 69.6 Å². The van der Waals surface area contributed by atoms with Gasteiger partial charge in [0.15, 0.2) is 5.75 Å². The van der Waals surface area contributed by atoms with Crippen molar-refractivity contribution in [1.82, 2.24) is 0 Å². The van der Waals surface area contributed by atoms with E-state index in [2.05, 4.69) is 0 Å². The van der Waals surface area contributed by atoms with Gasteiger partial charge < -0.3 is 10.2 Å². The minimum Gasteiger partial charge on any atom is -0.506 e. The van der Waals surface area contributed by atoms with Gasteiger partial charge in [-0.05, 0) is 12.1 Å². The van der Waals surface area contributed by atoms with Crippen molar-refractivity contribution in [2.24, 2.45) is 0 Å². The van der Waals surface area contributed by atoms with Crippen LogP contribution < -0.4 is 0 Å². The quantitative estimate of drug-likeness (QED) is 0.531. The predicted octanol–water partition coefficient (Wildman–Crippen LogP) is 6.69. The summed E-state index contributed by atoms with van der Waals surface area (Å²) in [4.78, 5) is 0. The standard InChI is InChI=1S/C12H4Cl6O2/c13-6-3(1-2-4(19)7(6)14)5-8(15)10(17)12(20)11(18)9(5)16/h1-2,19-20H. The summed E-state index contributed by atoms with van der Waals surface area (Å²) in [6, 6.07) is 2.78. The van der Waals surface area contributed by atoms with Gasteiger partial charge in [-0.25, -0.2) is 0 Å². The zero-order valence-electron chi connectivity index (χ0n) is 9.32. The van der Waals surface area contributed by atoms with Crippen LogP contribution in [0.5, 0.6) is 11.5 Å². The normalized spacial score (nSPS) is 10.9. The van der Waals surface area contributed by atoms with Gasteiger partial charge in [-0.15, -0.1) is 0 Å². The Morgan fingerprint density at radius 3 is 1.60 bits per heavy atom. The molecule has 2 N–H and O–H groups in total. The first kappa shape index (κ1) is 16.2. The Morgan fingerprint density at radius 2 is 1.10 bits per heavy atom. The van der Waals surface area contributed by atoms with Crippen LogP contribution in [0.4, 0.5) is 0 Å². The predicted molar refractivity (Wildman–Crippen MR) is 85.3 cm³/mol.